The minimum absolute atomic E-state index is 0.0409. The molecular weight excluding hydrogens is 766 g/mol. The Morgan fingerprint density at radius 3 is 2.29 bits per heavy atom. The number of amides is 6. The molecule has 0 spiro atoms. The van der Waals surface area contributed by atoms with Gasteiger partial charge in [0.1, 0.15) is 23.2 Å². The van der Waals surface area contributed by atoms with Gasteiger partial charge >= 0.3 is 30.9 Å². The van der Waals surface area contributed by atoms with Gasteiger partial charge in [-0.2, -0.15) is 4.39 Å². The zero-order chi connectivity index (χ0) is 40.5. The molecule has 2 heterocycles. The Morgan fingerprint density at radius 2 is 1.64 bits per heavy atom. The lowest BCUT2D eigenvalue weighted by atomic mass is 9.72. The largest absolute Gasteiger partial charge is 0.547 e. The number of aromatic hydroxyl groups is 4. The van der Waals surface area contributed by atoms with Crippen LogP contribution in [-0.4, -0.2) is 115 Å². The smallest absolute Gasteiger partial charge is 0.534 e. The van der Waals surface area contributed by atoms with Crippen molar-refractivity contribution in [1.29, 1.82) is 0 Å². The fourth-order valence-electron chi connectivity index (χ4n) is 5.72. The van der Waals surface area contributed by atoms with Crippen molar-refractivity contribution in [3.05, 3.63) is 75.1 Å². The minimum atomic E-state index is -2.10. The van der Waals surface area contributed by atoms with Crippen LogP contribution in [0.2, 0.25) is 5.02 Å². The molecule has 2 atom stereocenters. The highest BCUT2D eigenvalue weighted by Gasteiger charge is 2.42. The first-order chi connectivity index (χ1) is 25.9. The number of carboxylic acid groups (broad SMARTS) is 1. The maximum Gasteiger partial charge on any atom is 0.547 e. The maximum absolute atomic E-state index is 14.6. The number of fused-ring (bicyclic) bond motifs is 1. The molecule has 2 aliphatic rings. The van der Waals surface area contributed by atoms with Crippen LogP contribution in [0.15, 0.2) is 30.3 Å². The highest BCUT2D eigenvalue weighted by Crippen LogP contribution is 2.41. The molecule has 1 fully saturated rings. The monoisotopic (exact) mass is 793 g/mol. The van der Waals surface area contributed by atoms with Crippen LogP contribution in [-0.2, 0) is 20.8 Å². The third-order valence-electron chi connectivity index (χ3n) is 8.53. The van der Waals surface area contributed by atoms with Crippen molar-refractivity contribution in [1.82, 2.24) is 25.8 Å². The molecule has 23 heteroatoms. The first-order valence-corrected chi connectivity index (χ1v) is 16.3. The first-order valence-electron chi connectivity index (χ1n) is 15.9. The number of nitrogens with one attached hydrogen (secondary N) is 3. The molecule has 0 aromatic heterocycles. The molecule has 1 unspecified atom stereocenters. The highest BCUT2D eigenvalue weighted by atomic mass is 35.5. The van der Waals surface area contributed by atoms with Gasteiger partial charge in [-0.05, 0) is 42.7 Å². The van der Waals surface area contributed by atoms with E-state index in [4.69, 9.17) is 16.3 Å². The van der Waals surface area contributed by atoms with E-state index in [0.717, 1.165) is 29.2 Å². The summed E-state index contributed by atoms with van der Waals surface area (Å²) in [5.41, 5.74) is -1.77. The Labute approximate surface area is 311 Å². The van der Waals surface area contributed by atoms with E-state index in [1.54, 1.807) is 0 Å². The molecule has 3 aromatic rings. The van der Waals surface area contributed by atoms with Crippen LogP contribution in [0.4, 0.5) is 18.0 Å². The molecule has 290 valence electrons. The summed E-state index contributed by atoms with van der Waals surface area (Å²) in [7, 11) is -2.00. The summed E-state index contributed by atoms with van der Waals surface area (Å²) in [6.07, 6.45) is -0.287. The van der Waals surface area contributed by atoms with E-state index in [-0.39, 0.29) is 43.6 Å². The summed E-state index contributed by atoms with van der Waals surface area (Å²) in [4.78, 5) is 78.4. The number of carbonyl (C=O) groups is 6. The van der Waals surface area contributed by atoms with Crippen molar-refractivity contribution >= 4 is 54.3 Å². The molecule has 1 saturated heterocycles. The number of phenols is 4. The van der Waals surface area contributed by atoms with Crippen LogP contribution in [0, 0.1) is 17.5 Å². The van der Waals surface area contributed by atoms with E-state index < -0.39 is 124 Å². The Kier molecular flexibility index (Phi) is 11.5. The highest BCUT2D eigenvalue weighted by molar-refractivity contribution is 6.47. The normalized spacial score (nSPS) is 15.9. The number of urea groups is 1. The summed E-state index contributed by atoms with van der Waals surface area (Å²) >= 11 is 6.11. The fourth-order valence-corrected chi connectivity index (χ4v) is 5.98. The molecule has 18 nitrogen and oxygen atoms in total. The van der Waals surface area contributed by atoms with Gasteiger partial charge in [0.15, 0.2) is 28.8 Å². The minimum Gasteiger partial charge on any atom is -0.534 e. The van der Waals surface area contributed by atoms with Crippen molar-refractivity contribution < 1.29 is 77.1 Å². The average Bonchev–Trinajstić information content (AvgIpc) is 3.13. The van der Waals surface area contributed by atoms with E-state index in [0.29, 0.717) is 11.0 Å². The second-order valence-electron chi connectivity index (χ2n) is 12.1. The molecule has 5 rings (SSSR count). The van der Waals surface area contributed by atoms with Crippen LogP contribution in [0.5, 0.6) is 28.7 Å². The summed E-state index contributed by atoms with van der Waals surface area (Å²) < 4.78 is 47.4. The topological polar surface area (TPSA) is 276 Å². The summed E-state index contributed by atoms with van der Waals surface area (Å²) in [6.45, 7) is -0.871. The number of imide groups is 1. The van der Waals surface area contributed by atoms with E-state index in [1.165, 1.54) is 0 Å². The summed E-state index contributed by atoms with van der Waals surface area (Å²) in [5, 5.41) is 65.0. The Balaban J connectivity index is 1.27. The quantitative estimate of drug-likeness (QED) is 0.0592. The number of carboxylic acids is 1. The first kappa shape index (κ1) is 39.8. The zero-order valence-corrected chi connectivity index (χ0v) is 28.6. The zero-order valence-electron chi connectivity index (χ0n) is 27.8. The number of benzene rings is 3. The predicted octanol–water partition coefficient (Wildman–Crippen LogP) is 0.659. The van der Waals surface area contributed by atoms with Crippen LogP contribution < -0.4 is 20.6 Å². The van der Waals surface area contributed by atoms with E-state index >= 15 is 0 Å². The molecule has 0 aliphatic carbocycles. The standard InChI is InChI=1S/C32H28BClF3N5O13/c34-21-14(11-16(36)24(45)25(21)46)23(28(48)39-19-10-12-2-3-15(35)20(31(51)52)26(12)55-33(19)54)40-32(53)42-7-6-41(29(49)30(42)50)5-1-4-38-27(47)13-8-17(43)22(37)18(44)9-13/h2-3,8-9,11,19,23,43-46,54H,1,4-7,10H2,(H,38,47)(H,39,48)(H,40,53)(H,51,52)/t19-,23?/m0/s1. The molecule has 3 aromatic carbocycles. The average molecular weight is 794 g/mol. The molecular formula is C32H28BClF3N5O13. The van der Waals surface area contributed by atoms with Gasteiger partial charge < -0.3 is 56.1 Å². The van der Waals surface area contributed by atoms with Crippen LogP contribution in [0.3, 0.4) is 0 Å². The second kappa shape index (κ2) is 15.9. The van der Waals surface area contributed by atoms with Gasteiger partial charge in [0.2, 0.25) is 11.7 Å². The lowest BCUT2D eigenvalue weighted by molar-refractivity contribution is -0.153. The Morgan fingerprint density at radius 1 is 0.964 bits per heavy atom. The summed E-state index contributed by atoms with van der Waals surface area (Å²) in [6, 6.07) is 0.524. The Hall–Kier alpha value is -6.42. The van der Waals surface area contributed by atoms with Gasteiger partial charge in [-0.25, -0.2) is 18.4 Å². The third kappa shape index (κ3) is 8.09. The van der Waals surface area contributed by atoms with Gasteiger partial charge in [-0.15, -0.1) is 0 Å². The SMILES string of the molecule is O=C(NCCCN1CCN(C(=O)NC(C(=O)N[C@H]2Cc3ccc(F)c(C(=O)O)c3OB2O)c2cc(F)c(O)c(O)c2Cl)C(=O)C1=O)c1cc(O)c(F)c(O)c1. The summed E-state index contributed by atoms with van der Waals surface area (Å²) in [5.74, 6) is -16.7. The van der Waals surface area contributed by atoms with Crippen molar-refractivity contribution in [3.63, 3.8) is 0 Å². The van der Waals surface area contributed by atoms with Gasteiger partial charge in [-0.3, -0.25) is 24.1 Å². The molecule has 55 heavy (non-hydrogen) atoms. The fraction of sp³-hybridized carbons (Fsp3) is 0.250. The molecule has 0 radical (unpaired) electrons. The number of hydrogen-bond acceptors (Lipinski definition) is 12. The predicted molar refractivity (Wildman–Crippen MR) is 179 cm³/mol. The van der Waals surface area contributed by atoms with Gasteiger partial charge in [0, 0.05) is 37.3 Å². The second-order valence-corrected chi connectivity index (χ2v) is 12.4. The number of carbonyl (C=O) groups excluding carboxylic acids is 5. The number of rotatable bonds is 10. The Bertz CT molecular complexity index is 2110. The van der Waals surface area contributed by atoms with Crippen molar-refractivity contribution in [2.45, 2.75) is 24.8 Å². The van der Waals surface area contributed by atoms with E-state index in [1.807, 2.05) is 0 Å². The van der Waals surface area contributed by atoms with Crippen molar-refractivity contribution in [2.75, 3.05) is 26.2 Å². The van der Waals surface area contributed by atoms with Gasteiger partial charge in [0.25, 0.3) is 5.91 Å². The molecule has 0 saturated carbocycles. The number of hydrogen-bond donors (Lipinski definition) is 9. The molecule has 0 bridgehead atoms. The molecule has 6 amide bonds. The number of piperazine rings is 1. The van der Waals surface area contributed by atoms with Crippen LogP contribution >= 0.6 is 11.6 Å². The van der Waals surface area contributed by atoms with Crippen LogP contribution in [0.25, 0.3) is 0 Å². The molecule has 9 N–H and O–H groups in total. The van der Waals surface area contributed by atoms with Crippen molar-refractivity contribution in [2.24, 2.45) is 0 Å². The van der Waals surface area contributed by atoms with E-state index in [9.17, 15) is 72.5 Å². The number of nitrogens with zero attached hydrogens (tertiary/aromatic N) is 2. The third-order valence-corrected chi connectivity index (χ3v) is 8.93. The lowest BCUT2D eigenvalue weighted by Crippen LogP contribution is -2.60. The van der Waals surface area contributed by atoms with Gasteiger partial charge in [-0.1, -0.05) is 17.7 Å². The molecule has 2 aliphatic heterocycles. The van der Waals surface area contributed by atoms with E-state index in [2.05, 4.69) is 16.0 Å². The number of phenolic OH excluding ortho intramolecular Hbond substituents is 4. The maximum atomic E-state index is 14.6. The van der Waals surface area contributed by atoms with Crippen LogP contribution in [0.1, 0.15) is 44.3 Å². The number of aromatic carboxylic acids is 1. The van der Waals surface area contributed by atoms with Gasteiger partial charge in [0.05, 0.1) is 11.0 Å². The van der Waals surface area contributed by atoms with Crippen molar-refractivity contribution in [3.8, 4) is 28.7 Å². The lowest BCUT2D eigenvalue weighted by Gasteiger charge is -2.34. The number of halogens is 4.